The molecule has 0 radical (unpaired) electrons. The number of aliphatic hydroxyl groups excluding tert-OH is 8. The Morgan fingerprint density at radius 1 is 0.655 bits per heavy atom. The Balaban J connectivity index is 2.22. The lowest BCUT2D eigenvalue weighted by atomic mass is 9.91. The summed E-state index contributed by atoms with van der Waals surface area (Å²) < 4.78 is 16.6. The first-order valence-corrected chi connectivity index (χ1v) is 9.92. The minimum atomic E-state index is -1.66. The third kappa shape index (κ3) is 6.28. The molecule has 2 saturated heterocycles. The molecule has 8 N–H and O–H groups in total. The van der Waals surface area contributed by atoms with Gasteiger partial charge in [0.1, 0.15) is 24.4 Å². The summed E-state index contributed by atoms with van der Waals surface area (Å²) >= 11 is 0. The van der Waals surface area contributed by atoms with Gasteiger partial charge in [-0.05, 0) is 12.8 Å². The van der Waals surface area contributed by atoms with Gasteiger partial charge in [0, 0.05) is 25.0 Å². The van der Waals surface area contributed by atoms with Crippen molar-refractivity contribution in [1.82, 2.24) is 0 Å². The molecule has 0 aromatic carbocycles. The van der Waals surface area contributed by atoms with Crippen molar-refractivity contribution in [2.45, 2.75) is 61.7 Å². The maximum atomic E-state index is 10.6. The third-order valence-corrected chi connectivity index (χ3v) is 5.68. The molecule has 10 unspecified atom stereocenters. The average molecular weight is 426 g/mol. The fourth-order valence-corrected chi connectivity index (χ4v) is 3.67. The van der Waals surface area contributed by atoms with Crippen molar-refractivity contribution < 1.29 is 55.1 Å². The molecular formula is C18H34O11. The van der Waals surface area contributed by atoms with Crippen LogP contribution in [-0.2, 0) is 14.2 Å². The van der Waals surface area contributed by atoms with Crippen LogP contribution in [0.5, 0.6) is 0 Å². The molecule has 0 aliphatic carbocycles. The fraction of sp³-hybridized carbons (Fsp3) is 1.00. The van der Waals surface area contributed by atoms with E-state index in [1.54, 1.807) is 0 Å². The largest absolute Gasteiger partial charge is 0.396 e. The van der Waals surface area contributed by atoms with E-state index in [9.17, 15) is 40.9 Å². The molecule has 11 nitrogen and oxygen atoms in total. The first-order valence-electron chi connectivity index (χ1n) is 9.92. The van der Waals surface area contributed by atoms with E-state index >= 15 is 0 Å². The van der Waals surface area contributed by atoms with Gasteiger partial charge in [-0.3, -0.25) is 0 Å². The summed E-state index contributed by atoms with van der Waals surface area (Å²) in [5.41, 5.74) is 0. The normalized spacial score (nSPS) is 45.9. The summed E-state index contributed by atoms with van der Waals surface area (Å²) in [6.07, 6.45) is -11.4. The highest BCUT2D eigenvalue weighted by molar-refractivity contribution is 4.91. The highest BCUT2D eigenvalue weighted by Gasteiger charge is 2.43. The Kier molecular flexibility index (Phi) is 10.1. The van der Waals surface area contributed by atoms with Gasteiger partial charge in [0.25, 0.3) is 0 Å². The number of aliphatic hydroxyl groups is 8. The van der Waals surface area contributed by atoms with Gasteiger partial charge in [0.05, 0.1) is 50.8 Å². The molecule has 11 heteroatoms. The van der Waals surface area contributed by atoms with Crippen LogP contribution < -0.4 is 0 Å². The molecule has 172 valence electrons. The fourth-order valence-electron chi connectivity index (χ4n) is 3.67. The van der Waals surface area contributed by atoms with Gasteiger partial charge >= 0.3 is 0 Å². The van der Waals surface area contributed by atoms with E-state index < -0.39 is 73.9 Å². The van der Waals surface area contributed by atoms with Gasteiger partial charge in [-0.25, -0.2) is 0 Å². The molecule has 2 aliphatic rings. The lowest BCUT2D eigenvalue weighted by molar-refractivity contribution is -0.198. The maximum absolute atomic E-state index is 10.6. The van der Waals surface area contributed by atoms with Crippen molar-refractivity contribution in [3.05, 3.63) is 0 Å². The van der Waals surface area contributed by atoms with E-state index in [4.69, 9.17) is 14.2 Å². The molecule has 29 heavy (non-hydrogen) atoms. The second-order valence-electron chi connectivity index (χ2n) is 7.77. The smallest absolute Gasteiger partial charge is 0.109 e. The highest BCUT2D eigenvalue weighted by Crippen LogP contribution is 2.26. The predicted octanol–water partition coefficient (Wildman–Crippen LogP) is -4.04. The molecular weight excluding hydrogens is 392 g/mol. The Hall–Kier alpha value is -0.440. The summed E-state index contributed by atoms with van der Waals surface area (Å²) in [6.45, 7) is -0.770. The Morgan fingerprint density at radius 2 is 1.24 bits per heavy atom. The van der Waals surface area contributed by atoms with E-state index in [-0.39, 0.29) is 39.3 Å². The topological polar surface area (TPSA) is 190 Å². The average Bonchev–Trinajstić information content (AvgIpc) is 2.80. The molecule has 2 aliphatic heterocycles. The number of hydrogen-bond acceptors (Lipinski definition) is 11. The Labute approximate surface area is 169 Å². The monoisotopic (exact) mass is 426 g/mol. The lowest BCUT2D eigenvalue weighted by Gasteiger charge is -2.37. The summed E-state index contributed by atoms with van der Waals surface area (Å²) in [6, 6.07) is 0. The highest BCUT2D eigenvalue weighted by atomic mass is 16.5. The maximum Gasteiger partial charge on any atom is 0.109 e. The summed E-state index contributed by atoms with van der Waals surface area (Å²) in [7, 11) is 0. The third-order valence-electron chi connectivity index (χ3n) is 5.68. The van der Waals surface area contributed by atoms with Crippen LogP contribution in [0.2, 0.25) is 0 Å². The van der Waals surface area contributed by atoms with Crippen molar-refractivity contribution in [3.63, 3.8) is 0 Å². The van der Waals surface area contributed by atoms with Gasteiger partial charge in [-0.15, -0.1) is 0 Å². The zero-order valence-corrected chi connectivity index (χ0v) is 16.2. The lowest BCUT2D eigenvalue weighted by Crippen LogP contribution is -2.54. The van der Waals surface area contributed by atoms with E-state index in [2.05, 4.69) is 0 Å². The van der Waals surface area contributed by atoms with Crippen LogP contribution in [0.1, 0.15) is 12.8 Å². The predicted molar refractivity (Wildman–Crippen MR) is 96.7 cm³/mol. The molecule has 0 saturated carbocycles. The molecule has 0 bridgehead atoms. The van der Waals surface area contributed by atoms with Crippen molar-refractivity contribution in [1.29, 1.82) is 0 Å². The van der Waals surface area contributed by atoms with Crippen LogP contribution in [-0.4, -0.2) is 129 Å². The quantitative estimate of drug-likeness (QED) is 0.218. The molecule has 0 spiro atoms. The van der Waals surface area contributed by atoms with Crippen molar-refractivity contribution in [2.75, 3.05) is 39.6 Å². The number of hydrogen-bond donors (Lipinski definition) is 8. The van der Waals surface area contributed by atoms with E-state index in [1.165, 1.54) is 0 Å². The van der Waals surface area contributed by atoms with Gasteiger partial charge in [-0.2, -0.15) is 0 Å². The minimum absolute atomic E-state index is 0.0191. The van der Waals surface area contributed by atoms with E-state index in [1.807, 2.05) is 0 Å². The van der Waals surface area contributed by atoms with Crippen molar-refractivity contribution in [3.8, 4) is 0 Å². The standard InChI is InChI=1S/C18H34O11/c19-5-9-7-28-4-2-12(15(24)16(25)13(9)22)29-18-10(6-20)8-27-3-1-11(21)14(23)17(18)26/h9-26H,1-8H2. The SMILES string of the molecule is OCC1COCCC(OC2C(CO)COCCC(O)C(O)C2O)C(O)C(O)C1O. The van der Waals surface area contributed by atoms with Crippen LogP contribution in [0.25, 0.3) is 0 Å². The van der Waals surface area contributed by atoms with Crippen molar-refractivity contribution in [2.24, 2.45) is 11.8 Å². The van der Waals surface area contributed by atoms with Crippen molar-refractivity contribution >= 4 is 0 Å². The van der Waals surface area contributed by atoms with Crippen LogP contribution in [0, 0.1) is 11.8 Å². The summed E-state index contributed by atoms with van der Waals surface area (Å²) in [4.78, 5) is 0. The van der Waals surface area contributed by atoms with E-state index in [0.717, 1.165) is 0 Å². The minimum Gasteiger partial charge on any atom is -0.396 e. The second kappa shape index (κ2) is 11.8. The molecule has 2 heterocycles. The molecule has 0 aromatic heterocycles. The molecule has 2 fully saturated rings. The first-order chi connectivity index (χ1) is 13.8. The molecule has 0 aromatic rings. The zero-order chi connectivity index (χ0) is 21.6. The molecule has 0 amide bonds. The van der Waals surface area contributed by atoms with Gasteiger partial charge in [0.15, 0.2) is 0 Å². The summed E-state index contributed by atoms with van der Waals surface area (Å²) in [5, 5.41) is 81.0. The van der Waals surface area contributed by atoms with Crippen LogP contribution in [0.3, 0.4) is 0 Å². The van der Waals surface area contributed by atoms with Crippen LogP contribution >= 0.6 is 0 Å². The van der Waals surface area contributed by atoms with Crippen LogP contribution in [0.15, 0.2) is 0 Å². The first kappa shape index (κ1) is 24.8. The molecule has 10 atom stereocenters. The van der Waals surface area contributed by atoms with Gasteiger partial charge in [-0.1, -0.05) is 0 Å². The Morgan fingerprint density at radius 3 is 1.86 bits per heavy atom. The summed E-state index contributed by atoms with van der Waals surface area (Å²) in [5.74, 6) is -1.58. The second-order valence-corrected chi connectivity index (χ2v) is 7.77. The number of rotatable bonds is 4. The van der Waals surface area contributed by atoms with Gasteiger partial charge < -0.3 is 55.1 Å². The van der Waals surface area contributed by atoms with E-state index in [0.29, 0.717) is 0 Å². The van der Waals surface area contributed by atoms with Crippen LogP contribution in [0.4, 0.5) is 0 Å². The Bertz CT molecular complexity index is 467. The molecule has 2 rings (SSSR count). The van der Waals surface area contributed by atoms with Gasteiger partial charge in [0.2, 0.25) is 0 Å². The zero-order valence-electron chi connectivity index (χ0n) is 16.2. The number of ether oxygens (including phenoxy) is 3.